The molecule has 0 saturated heterocycles. The molecule has 22 heavy (non-hydrogen) atoms. The van der Waals surface area contributed by atoms with E-state index in [1.165, 1.54) is 11.3 Å². The molecule has 120 valence electrons. The van der Waals surface area contributed by atoms with Crippen molar-refractivity contribution in [1.82, 2.24) is 0 Å². The molecule has 0 bridgehead atoms. The number of nitrogens with two attached hydrogens (primary N) is 1. The third-order valence-electron chi connectivity index (χ3n) is 2.71. The Bertz CT molecular complexity index is 788. The molecule has 1 aromatic carbocycles. The number of rotatable bonds is 4. The van der Waals surface area contributed by atoms with Crippen molar-refractivity contribution in [2.75, 3.05) is 5.32 Å². The highest BCUT2D eigenvalue weighted by Gasteiger charge is 2.34. The lowest BCUT2D eigenvalue weighted by molar-refractivity contribution is -0.137. The first-order chi connectivity index (χ1) is 10.1. The predicted molar refractivity (Wildman–Crippen MR) is 82.2 cm³/mol. The van der Waals surface area contributed by atoms with E-state index < -0.39 is 26.7 Å². The van der Waals surface area contributed by atoms with Gasteiger partial charge in [-0.2, -0.15) is 13.2 Å². The monoisotopic (exact) mass is 414 g/mol. The van der Waals surface area contributed by atoms with E-state index in [4.69, 9.17) is 5.14 Å². The number of nitrogens with one attached hydrogen (secondary N) is 1. The van der Waals surface area contributed by atoms with Gasteiger partial charge >= 0.3 is 6.18 Å². The third kappa shape index (κ3) is 4.22. The Hall–Kier alpha value is -1.10. The highest BCUT2D eigenvalue weighted by molar-refractivity contribution is 9.11. The molecule has 10 heteroatoms. The van der Waals surface area contributed by atoms with Gasteiger partial charge in [0, 0.05) is 17.1 Å². The topological polar surface area (TPSA) is 72.2 Å². The molecule has 0 aliphatic heterocycles. The van der Waals surface area contributed by atoms with Crippen LogP contribution < -0.4 is 10.5 Å². The SMILES string of the molecule is NS(=O)(=O)c1ccc(NCc2ccc(Br)s2)c(C(F)(F)F)c1. The van der Waals surface area contributed by atoms with Crippen molar-refractivity contribution in [3.63, 3.8) is 0 Å². The van der Waals surface area contributed by atoms with Crippen LogP contribution >= 0.6 is 27.3 Å². The summed E-state index contributed by atoms with van der Waals surface area (Å²) in [5.74, 6) is 0. The van der Waals surface area contributed by atoms with E-state index in [-0.39, 0.29) is 12.2 Å². The number of alkyl halides is 3. The molecular formula is C12H10BrF3N2O2S2. The maximum atomic E-state index is 13.1. The highest BCUT2D eigenvalue weighted by atomic mass is 79.9. The van der Waals surface area contributed by atoms with Crippen LogP contribution in [0.1, 0.15) is 10.4 Å². The number of anilines is 1. The smallest absolute Gasteiger partial charge is 0.380 e. The molecular weight excluding hydrogens is 405 g/mol. The average Bonchev–Trinajstić information content (AvgIpc) is 2.80. The van der Waals surface area contributed by atoms with Crippen LogP contribution in [0.4, 0.5) is 18.9 Å². The summed E-state index contributed by atoms with van der Waals surface area (Å²) in [7, 11) is -4.20. The van der Waals surface area contributed by atoms with Gasteiger partial charge in [-0.05, 0) is 46.3 Å². The summed E-state index contributed by atoms with van der Waals surface area (Å²) in [6.45, 7) is 0.189. The number of thiophene rings is 1. The minimum absolute atomic E-state index is 0.189. The molecule has 0 spiro atoms. The maximum Gasteiger partial charge on any atom is 0.418 e. The number of hydrogen-bond donors (Lipinski definition) is 2. The Kier molecular flexibility index (Phi) is 4.85. The van der Waals surface area contributed by atoms with Crippen molar-refractivity contribution in [3.8, 4) is 0 Å². The number of hydrogen-bond acceptors (Lipinski definition) is 4. The van der Waals surface area contributed by atoms with Gasteiger partial charge in [0.05, 0.1) is 14.2 Å². The molecule has 0 aliphatic rings. The summed E-state index contributed by atoms with van der Waals surface area (Å²) >= 11 is 4.65. The fraction of sp³-hybridized carbons (Fsp3) is 0.167. The first-order valence-electron chi connectivity index (χ1n) is 5.79. The van der Waals surface area contributed by atoms with Gasteiger partial charge < -0.3 is 5.32 Å². The summed E-state index contributed by atoms with van der Waals surface area (Å²) in [5, 5.41) is 7.53. The quantitative estimate of drug-likeness (QED) is 0.799. The third-order valence-corrected chi connectivity index (χ3v) is 5.24. The van der Waals surface area contributed by atoms with Gasteiger partial charge in [-0.3, -0.25) is 0 Å². The molecule has 2 aromatic rings. The van der Waals surface area contributed by atoms with E-state index in [2.05, 4.69) is 21.2 Å². The zero-order valence-electron chi connectivity index (χ0n) is 10.8. The van der Waals surface area contributed by atoms with Crippen molar-refractivity contribution in [2.45, 2.75) is 17.6 Å². The molecule has 3 N–H and O–H groups in total. The molecule has 1 aromatic heterocycles. The van der Waals surface area contributed by atoms with Crippen LogP contribution in [0.2, 0.25) is 0 Å². The minimum Gasteiger partial charge on any atom is -0.380 e. The number of primary sulfonamides is 1. The van der Waals surface area contributed by atoms with Gasteiger partial charge in [0.15, 0.2) is 0 Å². The van der Waals surface area contributed by atoms with Crippen molar-refractivity contribution in [1.29, 1.82) is 0 Å². The second kappa shape index (κ2) is 6.19. The van der Waals surface area contributed by atoms with E-state index in [1.807, 2.05) is 0 Å². The lowest BCUT2D eigenvalue weighted by Crippen LogP contribution is -2.16. The Morgan fingerprint density at radius 1 is 1.23 bits per heavy atom. The van der Waals surface area contributed by atoms with Gasteiger partial charge in [-0.15, -0.1) is 11.3 Å². The van der Waals surface area contributed by atoms with Crippen LogP contribution in [-0.4, -0.2) is 8.42 Å². The van der Waals surface area contributed by atoms with Gasteiger partial charge in [0.1, 0.15) is 0 Å². The van der Waals surface area contributed by atoms with Gasteiger partial charge in [-0.25, -0.2) is 13.6 Å². The van der Waals surface area contributed by atoms with Crippen LogP contribution in [0.15, 0.2) is 39.0 Å². The fourth-order valence-electron chi connectivity index (χ4n) is 1.72. The molecule has 0 aliphatic carbocycles. The van der Waals surface area contributed by atoms with E-state index in [0.717, 1.165) is 20.8 Å². The zero-order chi connectivity index (χ0) is 16.5. The van der Waals surface area contributed by atoms with Crippen LogP contribution in [0.3, 0.4) is 0 Å². The van der Waals surface area contributed by atoms with Crippen LogP contribution in [0.25, 0.3) is 0 Å². The molecule has 1 heterocycles. The van der Waals surface area contributed by atoms with Gasteiger partial charge in [-0.1, -0.05) is 0 Å². The zero-order valence-corrected chi connectivity index (χ0v) is 14.0. The lowest BCUT2D eigenvalue weighted by Gasteiger charge is -2.15. The molecule has 0 radical (unpaired) electrons. The van der Waals surface area contributed by atoms with Crippen molar-refractivity contribution < 1.29 is 21.6 Å². The summed E-state index contributed by atoms with van der Waals surface area (Å²) < 4.78 is 62.4. The largest absolute Gasteiger partial charge is 0.418 e. The Morgan fingerprint density at radius 3 is 2.41 bits per heavy atom. The molecule has 0 atom stereocenters. The van der Waals surface area contributed by atoms with E-state index in [1.54, 1.807) is 12.1 Å². The van der Waals surface area contributed by atoms with E-state index in [9.17, 15) is 21.6 Å². The molecule has 0 unspecified atom stereocenters. The summed E-state index contributed by atoms with van der Waals surface area (Å²) in [6.07, 6.45) is -4.70. The molecule has 4 nitrogen and oxygen atoms in total. The summed E-state index contributed by atoms with van der Waals surface area (Å²) in [6, 6.07) is 6.19. The Morgan fingerprint density at radius 2 is 1.91 bits per heavy atom. The van der Waals surface area contributed by atoms with Crippen molar-refractivity contribution in [3.05, 3.63) is 44.6 Å². The minimum atomic E-state index is -4.70. The summed E-state index contributed by atoms with van der Waals surface area (Å²) in [5.41, 5.74) is -1.28. The van der Waals surface area contributed by atoms with E-state index >= 15 is 0 Å². The molecule has 2 rings (SSSR count). The molecule has 0 saturated carbocycles. The standard InChI is InChI=1S/C12H10BrF3N2O2S2/c13-11-4-1-7(21-11)6-18-10-3-2-8(22(17,19)20)5-9(10)12(14,15)16/h1-5,18H,6H2,(H2,17,19,20). The molecule has 0 amide bonds. The van der Waals surface area contributed by atoms with Gasteiger partial charge in [0.2, 0.25) is 10.0 Å². The fourth-order valence-corrected chi connectivity index (χ4v) is 3.68. The second-order valence-electron chi connectivity index (χ2n) is 4.31. The average molecular weight is 415 g/mol. The van der Waals surface area contributed by atoms with Crippen LogP contribution in [-0.2, 0) is 22.7 Å². The normalized spacial score (nSPS) is 12.4. The first-order valence-corrected chi connectivity index (χ1v) is 8.95. The lowest BCUT2D eigenvalue weighted by atomic mass is 10.1. The number of halogens is 4. The van der Waals surface area contributed by atoms with Gasteiger partial charge in [0.25, 0.3) is 0 Å². The highest BCUT2D eigenvalue weighted by Crippen LogP contribution is 2.36. The number of sulfonamides is 1. The van der Waals surface area contributed by atoms with Crippen molar-refractivity contribution in [2.24, 2.45) is 5.14 Å². The number of benzene rings is 1. The van der Waals surface area contributed by atoms with Crippen LogP contribution in [0, 0.1) is 0 Å². The predicted octanol–water partition coefficient (Wildman–Crippen LogP) is 3.79. The Labute approximate surface area is 137 Å². The van der Waals surface area contributed by atoms with E-state index in [0.29, 0.717) is 6.07 Å². The first kappa shape index (κ1) is 17.3. The maximum absolute atomic E-state index is 13.1. The molecule has 0 fully saturated rings. The van der Waals surface area contributed by atoms with Crippen LogP contribution in [0.5, 0.6) is 0 Å². The Balaban J connectivity index is 2.34. The second-order valence-corrected chi connectivity index (χ2v) is 8.42. The summed E-state index contributed by atoms with van der Waals surface area (Å²) in [4.78, 5) is 0.250. The van der Waals surface area contributed by atoms with Crippen molar-refractivity contribution >= 4 is 43.0 Å².